The van der Waals surface area contributed by atoms with Gasteiger partial charge in [-0.2, -0.15) is 5.10 Å². The first kappa shape index (κ1) is 13.5. The van der Waals surface area contributed by atoms with Crippen LogP contribution < -0.4 is 10.1 Å². The van der Waals surface area contributed by atoms with E-state index in [2.05, 4.69) is 22.3 Å². The van der Waals surface area contributed by atoms with Crippen molar-refractivity contribution in [3.8, 4) is 11.5 Å². The molecule has 0 aliphatic carbocycles. The lowest BCUT2D eigenvalue weighted by atomic mass is 10.2. The lowest BCUT2D eigenvalue weighted by Crippen LogP contribution is -2.13. The summed E-state index contributed by atoms with van der Waals surface area (Å²) >= 11 is 0. The van der Waals surface area contributed by atoms with Crippen LogP contribution >= 0.6 is 0 Å². The zero-order valence-corrected chi connectivity index (χ0v) is 12.1. The Kier molecular flexibility index (Phi) is 3.85. The van der Waals surface area contributed by atoms with E-state index in [9.17, 15) is 0 Å². The largest absolute Gasteiger partial charge is 0.452 e. The summed E-state index contributed by atoms with van der Waals surface area (Å²) in [6.07, 6.45) is 1.75. The lowest BCUT2D eigenvalue weighted by molar-refractivity contribution is 0.470. The normalized spacial score (nSPS) is 12.5. The topological polar surface area (TPSA) is 52.0 Å². The Balaban J connectivity index is 2.20. The van der Waals surface area contributed by atoms with Crippen molar-refractivity contribution < 1.29 is 4.74 Å². The van der Waals surface area contributed by atoms with E-state index in [4.69, 9.17) is 4.74 Å². The number of rotatable bonds is 4. The zero-order chi connectivity index (χ0) is 14.0. The molecule has 2 heterocycles. The number of nitrogens with zero attached hydrogens (tertiary/aromatic N) is 3. The van der Waals surface area contributed by atoms with Crippen LogP contribution in [-0.4, -0.2) is 21.8 Å². The molecule has 19 heavy (non-hydrogen) atoms. The Hall–Kier alpha value is -1.88. The molecule has 0 bridgehead atoms. The van der Waals surface area contributed by atoms with Crippen molar-refractivity contribution in [2.24, 2.45) is 7.05 Å². The van der Waals surface area contributed by atoms with Gasteiger partial charge in [0, 0.05) is 13.1 Å². The smallest absolute Gasteiger partial charge is 0.171 e. The molecule has 5 heteroatoms. The van der Waals surface area contributed by atoms with Gasteiger partial charge in [-0.3, -0.25) is 9.67 Å². The summed E-state index contributed by atoms with van der Waals surface area (Å²) in [4.78, 5) is 4.40. The summed E-state index contributed by atoms with van der Waals surface area (Å²) in [6, 6.07) is 4.13. The molecule has 1 atom stereocenters. The minimum atomic E-state index is 0.232. The molecule has 5 nitrogen and oxygen atoms in total. The fourth-order valence-corrected chi connectivity index (χ4v) is 1.88. The van der Waals surface area contributed by atoms with Gasteiger partial charge in [0.25, 0.3) is 0 Å². The molecule has 1 N–H and O–H groups in total. The third-order valence-corrected chi connectivity index (χ3v) is 3.30. The quantitative estimate of drug-likeness (QED) is 0.917. The van der Waals surface area contributed by atoms with Crippen molar-refractivity contribution in [2.45, 2.75) is 26.8 Å². The monoisotopic (exact) mass is 260 g/mol. The van der Waals surface area contributed by atoms with Crippen LogP contribution in [0.3, 0.4) is 0 Å². The Morgan fingerprint density at radius 3 is 2.53 bits per heavy atom. The van der Waals surface area contributed by atoms with Crippen LogP contribution in [0.1, 0.15) is 30.0 Å². The number of hydrogen-bond donors (Lipinski definition) is 1. The van der Waals surface area contributed by atoms with E-state index in [0.717, 1.165) is 28.6 Å². The van der Waals surface area contributed by atoms with Crippen molar-refractivity contribution in [1.82, 2.24) is 20.1 Å². The highest BCUT2D eigenvalue weighted by Gasteiger charge is 2.12. The summed E-state index contributed by atoms with van der Waals surface area (Å²) in [5.74, 6) is 1.53. The van der Waals surface area contributed by atoms with Gasteiger partial charge in [-0.05, 0) is 40.0 Å². The van der Waals surface area contributed by atoms with Gasteiger partial charge in [0.2, 0.25) is 0 Å². The predicted octanol–water partition coefficient (Wildman–Crippen LogP) is 2.50. The maximum Gasteiger partial charge on any atom is 0.171 e. The van der Waals surface area contributed by atoms with E-state index in [1.807, 2.05) is 44.8 Å². The van der Waals surface area contributed by atoms with Crippen molar-refractivity contribution in [3.05, 3.63) is 35.4 Å². The molecule has 0 saturated heterocycles. The molecule has 0 aromatic carbocycles. The van der Waals surface area contributed by atoms with Gasteiger partial charge in [0.1, 0.15) is 11.4 Å². The summed E-state index contributed by atoms with van der Waals surface area (Å²) in [5.41, 5.74) is 2.88. The van der Waals surface area contributed by atoms with Crippen molar-refractivity contribution in [3.63, 3.8) is 0 Å². The standard InChI is InChI=1S/C14H20N4O/c1-9(15-4)13-7-6-12(8-16-13)19-14-10(2)17-18(5)11(14)3/h6-9,15H,1-5H3. The highest BCUT2D eigenvalue weighted by molar-refractivity contribution is 5.36. The molecule has 0 amide bonds. The maximum atomic E-state index is 5.86. The molecule has 2 aromatic heterocycles. The minimum absolute atomic E-state index is 0.232. The lowest BCUT2D eigenvalue weighted by Gasteiger charge is -2.10. The van der Waals surface area contributed by atoms with Gasteiger partial charge in [-0.15, -0.1) is 0 Å². The number of pyridine rings is 1. The molecule has 102 valence electrons. The second-order valence-corrected chi connectivity index (χ2v) is 4.65. The number of aromatic nitrogens is 3. The van der Waals surface area contributed by atoms with Crippen molar-refractivity contribution in [2.75, 3.05) is 7.05 Å². The molecular formula is C14H20N4O. The third-order valence-electron chi connectivity index (χ3n) is 3.30. The van der Waals surface area contributed by atoms with Gasteiger partial charge in [0.15, 0.2) is 5.75 Å². The highest BCUT2D eigenvalue weighted by Crippen LogP contribution is 2.27. The Labute approximate surface area is 113 Å². The van der Waals surface area contributed by atoms with Crippen LogP contribution in [0, 0.1) is 13.8 Å². The van der Waals surface area contributed by atoms with E-state index in [1.54, 1.807) is 6.20 Å². The third kappa shape index (κ3) is 2.76. The van der Waals surface area contributed by atoms with Crippen molar-refractivity contribution >= 4 is 0 Å². The molecule has 0 fully saturated rings. The maximum absolute atomic E-state index is 5.86. The molecule has 0 spiro atoms. The summed E-state index contributed by atoms with van der Waals surface area (Å²) in [7, 11) is 3.82. The second kappa shape index (κ2) is 5.40. The molecule has 0 radical (unpaired) electrons. The van der Waals surface area contributed by atoms with Gasteiger partial charge in [-0.1, -0.05) is 0 Å². The van der Waals surface area contributed by atoms with Crippen LogP contribution in [0.5, 0.6) is 11.5 Å². The van der Waals surface area contributed by atoms with Crippen LogP contribution in [0.15, 0.2) is 18.3 Å². The van der Waals surface area contributed by atoms with E-state index in [0.29, 0.717) is 0 Å². The van der Waals surface area contributed by atoms with Gasteiger partial charge in [-0.25, -0.2) is 0 Å². The van der Waals surface area contributed by atoms with E-state index in [-0.39, 0.29) is 6.04 Å². The number of ether oxygens (including phenoxy) is 1. The average molecular weight is 260 g/mol. The Morgan fingerprint density at radius 1 is 1.32 bits per heavy atom. The summed E-state index contributed by atoms with van der Waals surface area (Å²) in [5, 5.41) is 7.48. The predicted molar refractivity (Wildman–Crippen MR) is 74.5 cm³/mol. The second-order valence-electron chi connectivity index (χ2n) is 4.65. The molecule has 2 aromatic rings. The fourth-order valence-electron chi connectivity index (χ4n) is 1.88. The first-order valence-electron chi connectivity index (χ1n) is 6.34. The molecule has 2 rings (SSSR count). The van der Waals surface area contributed by atoms with Crippen LogP contribution in [0.2, 0.25) is 0 Å². The molecule has 0 aliphatic rings. The van der Waals surface area contributed by atoms with Gasteiger partial charge < -0.3 is 10.1 Å². The van der Waals surface area contributed by atoms with E-state index in [1.165, 1.54) is 0 Å². The SMILES string of the molecule is CNC(C)c1ccc(Oc2c(C)nn(C)c2C)cn1. The molecule has 0 aliphatic heterocycles. The average Bonchev–Trinajstić information content (AvgIpc) is 2.65. The van der Waals surface area contributed by atoms with Gasteiger partial charge >= 0.3 is 0 Å². The summed E-state index contributed by atoms with van der Waals surface area (Å²) in [6.45, 7) is 5.99. The first-order valence-corrected chi connectivity index (χ1v) is 6.34. The Morgan fingerprint density at radius 2 is 2.05 bits per heavy atom. The molecule has 0 saturated carbocycles. The highest BCUT2D eigenvalue weighted by atomic mass is 16.5. The number of hydrogen-bond acceptors (Lipinski definition) is 4. The van der Waals surface area contributed by atoms with E-state index < -0.39 is 0 Å². The molecule has 1 unspecified atom stereocenters. The zero-order valence-electron chi connectivity index (χ0n) is 12.1. The number of aryl methyl sites for hydroxylation is 2. The minimum Gasteiger partial charge on any atom is -0.452 e. The van der Waals surface area contributed by atoms with Crippen LogP contribution in [0.4, 0.5) is 0 Å². The fraction of sp³-hybridized carbons (Fsp3) is 0.429. The van der Waals surface area contributed by atoms with E-state index >= 15 is 0 Å². The number of nitrogens with one attached hydrogen (secondary N) is 1. The van der Waals surface area contributed by atoms with Gasteiger partial charge in [0.05, 0.1) is 17.6 Å². The Bertz CT molecular complexity index is 560. The van der Waals surface area contributed by atoms with Crippen LogP contribution in [0.25, 0.3) is 0 Å². The molecular weight excluding hydrogens is 240 g/mol. The first-order chi connectivity index (χ1) is 9.02. The van der Waals surface area contributed by atoms with Crippen molar-refractivity contribution in [1.29, 1.82) is 0 Å². The summed E-state index contributed by atoms with van der Waals surface area (Å²) < 4.78 is 7.68. The van der Waals surface area contributed by atoms with Crippen LogP contribution in [-0.2, 0) is 7.05 Å².